The second-order valence-corrected chi connectivity index (χ2v) is 5.29. The van der Waals surface area contributed by atoms with Crippen LogP contribution in [0.2, 0.25) is 0 Å². The van der Waals surface area contributed by atoms with E-state index < -0.39 is 36.6 Å². The lowest BCUT2D eigenvalue weighted by molar-refractivity contribution is -0.0950. The molecule has 1 aliphatic rings. The molecule has 0 saturated carbocycles. The Kier molecular flexibility index (Phi) is 3.33. The average molecular weight is 309 g/mol. The van der Waals surface area contributed by atoms with Crippen LogP contribution in [0.4, 0.5) is 0 Å². The summed E-state index contributed by atoms with van der Waals surface area (Å²) in [5, 5.41) is 29.7. The van der Waals surface area contributed by atoms with Gasteiger partial charge in [0.25, 0.3) is 5.91 Å². The zero-order valence-corrected chi connectivity index (χ0v) is 11.6. The van der Waals surface area contributed by atoms with Crippen molar-refractivity contribution in [2.45, 2.75) is 31.0 Å². The highest BCUT2D eigenvalue weighted by molar-refractivity contribution is 6.01. The van der Waals surface area contributed by atoms with Crippen LogP contribution >= 0.6 is 0 Å². The lowest BCUT2D eigenvalue weighted by Gasteiger charge is -2.27. The molecule has 1 saturated heterocycles. The maximum absolute atomic E-state index is 11.4. The lowest BCUT2D eigenvalue weighted by atomic mass is 9.96. The molecule has 3 heterocycles. The van der Waals surface area contributed by atoms with Crippen LogP contribution in [0.25, 0.3) is 11.2 Å². The van der Waals surface area contributed by atoms with Crippen LogP contribution in [-0.2, 0) is 4.74 Å². The number of carbonyl (C=O) groups is 1. The van der Waals surface area contributed by atoms with Crippen molar-refractivity contribution in [2.75, 3.05) is 6.61 Å². The Labute approximate surface area is 124 Å². The summed E-state index contributed by atoms with van der Waals surface area (Å²) < 4.78 is 6.85. The van der Waals surface area contributed by atoms with Crippen LogP contribution in [0.5, 0.6) is 0 Å². The summed E-state index contributed by atoms with van der Waals surface area (Å²) in [7, 11) is 0. The summed E-state index contributed by atoms with van der Waals surface area (Å²) in [6.07, 6.45) is -0.839. The molecule has 2 aromatic rings. The Hall–Kier alpha value is -2.14. The molecule has 22 heavy (non-hydrogen) atoms. The maximum atomic E-state index is 11.4. The third-order valence-electron chi connectivity index (χ3n) is 3.78. The van der Waals surface area contributed by atoms with E-state index in [9.17, 15) is 20.1 Å². The van der Waals surface area contributed by atoms with E-state index in [1.54, 1.807) is 0 Å². The van der Waals surface area contributed by atoms with E-state index in [4.69, 9.17) is 10.5 Å². The van der Waals surface area contributed by atoms with Gasteiger partial charge in [-0.2, -0.15) is 0 Å². The van der Waals surface area contributed by atoms with Gasteiger partial charge in [-0.25, -0.2) is 15.0 Å². The fourth-order valence-corrected chi connectivity index (χ4v) is 2.59. The molecule has 2 unspecified atom stereocenters. The molecule has 10 heteroatoms. The minimum Gasteiger partial charge on any atom is -0.394 e. The second-order valence-electron chi connectivity index (χ2n) is 5.29. The van der Waals surface area contributed by atoms with Crippen LogP contribution in [0.15, 0.2) is 12.7 Å². The third-order valence-corrected chi connectivity index (χ3v) is 3.78. The Morgan fingerprint density at radius 3 is 2.82 bits per heavy atom. The van der Waals surface area contributed by atoms with Gasteiger partial charge in [0.1, 0.15) is 29.7 Å². The van der Waals surface area contributed by atoms with Crippen molar-refractivity contribution >= 4 is 17.1 Å². The second kappa shape index (κ2) is 4.95. The predicted octanol–water partition coefficient (Wildman–Crippen LogP) is -2.07. The number of fused-ring (bicyclic) bond motifs is 1. The number of rotatable bonds is 3. The van der Waals surface area contributed by atoms with Crippen LogP contribution in [0, 0.1) is 0 Å². The van der Waals surface area contributed by atoms with Gasteiger partial charge in [-0.1, -0.05) is 0 Å². The van der Waals surface area contributed by atoms with Crippen LogP contribution in [-0.4, -0.2) is 65.2 Å². The van der Waals surface area contributed by atoms with Gasteiger partial charge in [0.15, 0.2) is 17.6 Å². The molecular formula is C12H15N5O5. The van der Waals surface area contributed by atoms with E-state index in [1.807, 2.05) is 0 Å². The summed E-state index contributed by atoms with van der Waals surface area (Å²) in [5.41, 5.74) is 3.88. The van der Waals surface area contributed by atoms with E-state index in [1.165, 1.54) is 17.8 Å². The van der Waals surface area contributed by atoms with E-state index in [-0.39, 0.29) is 16.9 Å². The number of imidazole rings is 1. The topological polar surface area (TPSA) is 157 Å². The number of aliphatic hydroxyl groups is 3. The predicted molar refractivity (Wildman–Crippen MR) is 71.5 cm³/mol. The van der Waals surface area contributed by atoms with Crippen molar-refractivity contribution in [3.8, 4) is 0 Å². The maximum Gasteiger partial charge on any atom is 0.269 e. The number of carbonyl (C=O) groups excluding carboxylic acids is 1. The molecule has 1 fully saturated rings. The van der Waals surface area contributed by atoms with Crippen LogP contribution < -0.4 is 5.73 Å². The Morgan fingerprint density at radius 2 is 2.23 bits per heavy atom. The van der Waals surface area contributed by atoms with Crippen LogP contribution in [0.3, 0.4) is 0 Å². The molecular weight excluding hydrogens is 294 g/mol. The number of aliphatic hydroxyl groups excluding tert-OH is 2. The monoisotopic (exact) mass is 309 g/mol. The van der Waals surface area contributed by atoms with Crippen molar-refractivity contribution in [3.05, 3.63) is 18.3 Å². The molecule has 0 bridgehead atoms. The first-order valence-electron chi connectivity index (χ1n) is 6.52. The van der Waals surface area contributed by atoms with Gasteiger partial charge in [0.05, 0.1) is 12.9 Å². The molecule has 10 nitrogen and oxygen atoms in total. The molecule has 118 valence electrons. The highest BCUT2D eigenvalue weighted by Crippen LogP contribution is 2.39. The van der Waals surface area contributed by atoms with Crippen molar-refractivity contribution in [2.24, 2.45) is 5.73 Å². The first-order chi connectivity index (χ1) is 10.4. The van der Waals surface area contributed by atoms with Gasteiger partial charge in [-0.05, 0) is 6.92 Å². The zero-order valence-electron chi connectivity index (χ0n) is 11.6. The first-order valence-corrected chi connectivity index (χ1v) is 6.52. The smallest absolute Gasteiger partial charge is 0.269 e. The number of hydrogen-bond acceptors (Lipinski definition) is 8. The van der Waals surface area contributed by atoms with Crippen molar-refractivity contribution < 1.29 is 24.9 Å². The molecule has 1 amide bonds. The number of hydrogen-bond donors (Lipinski definition) is 4. The lowest BCUT2D eigenvalue weighted by Crippen LogP contribution is -2.44. The summed E-state index contributed by atoms with van der Waals surface area (Å²) >= 11 is 0. The summed E-state index contributed by atoms with van der Waals surface area (Å²) in [5.74, 6) is -0.759. The zero-order chi connectivity index (χ0) is 16.1. The van der Waals surface area contributed by atoms with Crippen molar-refractivity contribution in [1.29, 1.82) is 0 Å². The molecule has 0 radical (unpaired) electrons. The molecule has 3 rings (SSSR count). The average Bonchev–Trinajstić information content (AvgIpc) is 2.99. The van der Waals surface area contributed by atoms with E-state index in [0.717, 1.165) is 6.33 Å². The highest BCUT2D eigenvalue weighted by Gasteiger charge is 2.53. The van der Waals surface area contributed by atoms with Gasteiger partial charge >= 0.3 is 0 Å². The molecule has 0 spiro atoms. The minimum absolute atomic E-state index is 0.0550. The molecule has 0 aliphatic carbocycles. The summed E-state index contributed by atoms with van der Waals surface area (Å²) in [6.45, 7) is 0.919. The van der Waals surface area contributed by atoms with Gasteiger partial charge in [0.2, 0.25) is 0 Å². The molecule has 4 atom stereocenters. The number of nitrogens with two attached hydrogens (primary N) is 1. The fourth-order valence-electron chi connectivity index (χ4n) is 2.59. The minimum atomic E-state index is -1.68. The number of amides is 1. The number of aromatic nitrogens is 4. The SMILES string of the molecule is C[C@]1(O)C(n2cnc3c(C(N)=O)ncnc32)OC(CO)[C@H]1O. The normalized spacial score (nSPS) is 31.7. The summed E-state index contributed by atoms with van der Waals surface area (Å²) in [6, 6.07) is 0. The van der Waals surface area contributed by atoms with Crippen molar-refractivity contribution in [3.63, 3.8) is 0 Å². The Bertz CT molecular complexity index is 730. The Balaban J connectivity index is 2.12. The van der Waals surface area contributed by atoms with Gasteiger partial charge < -0.3 is 25.8 Å². The number of ether oxygens (including phenoxy) is 1. The van der Waals surface area contributed by atoms with Crippen molar-refractivity contribution in [1.82, 2.24) is 19.5 Å². The Morgan fingerprint density at radius 1 is 1.50 bits per heavy atom. The first kappa shape index (κ1) is 14.8. The number of nitrogens with zero attached hydrogens (tertiary/aromatic N) is 4. The number of primary amides is 1. The van der Waals surface area contributed by atoms with E-state index in [0.29, 0.717) is 0 Å². The van der Waals surface area contributed by atoms with E-state index in [2.05, 4.69) is 15.0 Å². The van der Waals surface area contributed by atoms with Gasteiger partial charge in [0, 0.05) is 0 Å². The third kappa shape index (κ3) is 1.96. The molecule has 0 aromatic carbocycles. The fraction of sp³-hybridized carbons (Fsp3) is 0.500. The van der Waals surface area contributed by atoms with E-state index >= 15 is 0 Å². The largest absolute Gasteiger partial charge is 0.394 e. The van der Waals surface area contributed by atoms with Crippen LogP contribution in [0.1, 0.15) is 23.6 Å². The van der Waals surface area contributed by atoms with Gasteiger partial charge in [-0.15, -0.1) is 0 Å². The molecule has 1 aliphatic heterocycles. The standard InChI is InChI=1S/C12H15N5O5/c1-12(21)8(19)5(2-18)22-11(12)17-4-16-7-6(9(13)20)14-3-15-10(7)17/h3-5,8,11,18-19,21H,2H2,1H3,(H2,13,20)/t5?,8-,11?,12-/m1/s1. The highest BCUT2D eigenvalue weighted by atomic mass is 16.6. The van der Waals surface area contributed by atoms with Gasteiger partial charge in [-0.3, -0.25) is 9.36 Å². The molecule has 5 N–H and O–H groups in total. The molecule has 2 aromatic heterocycles. The quantitative estimate of drug-likeness (QED) is 0.503. The summed E-state index contributed by atoms with van der Waals surface area (Å²) in [4.78, 5) is 23.2.